The third kappa shape index (κ3) is 4.15. The van der Waals surface area contributed by atoms with E-state index in [0.29, 0.717) is 30.1 Å². The van der Waals surface area contributed by atoms with Crippen molar-refractivity contribution in [3.63, 3.8) is 0 Å². The molecule has 2 aromatic carbocycles. The molecule has 0 spiro atoms. The van der Waals surface area contributed by atoms with Gasteiger partial charge < -0.3 is 28.8 Å². The summed E-state index contributed by atoms with van der Waals surface area (Å²) in [6, 6.07) is 7.61. The van der Waals surface area contributed by atoms with Crippen LogP contribution in [0.5, 0.6) is 28.7 Å². The fourth-order valence-corrected chi connectivity index (χ4v) is 4.17. The molecule has 0 aromatic heterocycles. The van der Waals surface area contributed by atoms with Crippen molar-refractivity contribution in [2.24, 2.45) is 0 Å². The lowest BCUT2D eigenvalue weighted by Gasteiger charge is -2.29. The van der Waals surface area contributed by atoms with Crippen LogP contribution in [-0.2, 0) is 18.4 Å². The van der Waals surface area contributed by atoms with Crippen LogP contribution < -0.4 is 23.7 Å². The predicted molar refractivity (Wildman–Crippen MR) is 115 cm³/mol. The Morgan fingerprint density at radius 1 is 0.867 bits per heavy atom. The van der Waals surface area contributed by atoms with Crippen LogP contribution in [0.1, 0.15) is 43.4 Å². The van der Waals surface area contributed by atoms with Crippen LogP contribution in [0.3, 0.4) is 0 Å². The fourth-order valence-electron chi connectivity index (χ4n) is 4.17. The van der Waals surface area contributed by atoms with Gasteiger partial charge in [-0.3, -0.25) is 0 Å². The fraction of sp³-hybridized carbons (Fsp3) is 0.500. The summed E-state index contributed by atoms with van der Waals surface area (Å²) in [6.45, 7) is 4.00. The highest BCUT2D eigenvalue weighted by Gasteiger charge is 2.35. The number of ether oxygens (including phenoxy) is 5. The minimum absolute atomic E-state index is 0.0302. The molecule has 0 fully saturated rings. The molecular formula is C24H32O6. The van der Waals surface area contributed by atoms with Gasteiger partial charge in [0.2, 0.25) is 5.75 Å². The van der Waals surface area contributed by atoms with Gasteiger partial charge >= 0.3 is 0 Å². The van der Waals surface area contributed by atoms with Gasteiger partial charge in [0, 0.05) is 12.0 Å². The van der Waals surface area contributed by atoms with Gasteiger partial charge in [-0.2, -0.15) is 0 Å². The Hall–Kier alpha value is -2.60. The number of methoxy groups -OCH3 is 4. The number of hydrogen-bond donors (Lipinski definition) is 1. The van der Waals surface area contributed by atoms with E-state index in [1.165, 1.54) is 0 Å². The lowest BCUT2D eigenvalue weighted by atomic mass is 9.84. The molecule has 3 rings (SSSR count). The highest BCUT2D eigenvalue weighted by molar-refractivity contribution is 5.56. The van der Waals surface area contributed by atoms with Gasteiger partial charge in [-0.15, -0.1) is 0 Å². The molecule has 0 bridgehead atoms. The number of benzene rings is 2. The Morgan fingerprint density at radius 3 is 2.03 bits per heavy atom. The van der Waals surface area contributed by atoms with Gasteiger partial charge in [0.1, 0.15) is 0 Å². The lowest BCUT2D eigenvalue weighted by Crippen LogP contribution is -2.28. The van der Waals surface area contributed by atoms with Crippen molar-refractivity contribution in [3.8, 4) is 28.7 Å². The van der Waals surface area contributed by atoms with Crippen LogP contribution in [0, 0.1) is 0 Å². The Morgan fingerprint density at radius 2 is 1.50 bits per heavy atom. The van der Waals surface area contributed by atoms with Gasteiger partial charge in [0.15, 0.2) is 23.0 Å². The van der Waals surface area contributed by atoms with Crippen molar-refractivity contribution < 1.29 is 28.8 Å². The number of aliphatic hydroxyl groups is 1. The first-order valence-electron chi connectivity index (χ1n) is 10.2. The highest BCUT2D eigenvalue weighted by Crippen LogP contribution is 2.46. The van der Waals surface area contributed by atoms with Gasteiger partial charge in [-0.25, -0.2) is 0 Å². The second kappa shape index (κ2) is 9.04. The van der Waals surface area contributed by atoms with Crippen LogP contribution in [0.15, 0.2) is 24.3 Å². The van der Waals surface area contributed by atoms with Crippen molar-refractivity contribution in [1.29, 1.82) is 0 Å². The van der Waals surface area contributed by atoms with Crippen LogP contribution in [0.2, 0.25) is 0 Å². The molecule has 0 saturated carbocycles. The molecule has 1 aliphatic carbocycles. The molecular weight excluding hydrogens is 384 g/mol. The zero-order valence-electron chi connectivity index (χ0n) is 18.7. The van der Waals surface area contributed by atoms with E-state index in [1.807, 2.05) is 38.1 Å². The molecule has 6 heteroatoms. The highest BCUT2D eigenvalue weighted by atomic mass is 16.5. The quantitative estimate of drug-likeness (QED) is 0.680. The van der Waals surface area contributed by atoms with Crippen molar-refractivity contribution in [2.75, 3.05) is 28.4 Å². The van der Waals surface area contributed by atoms with Crippen molar-refractivity contribution >= 4 is 0 Å². The SMILES string of the molecule is COc1cc(C2(O)CCCc3c(ccc(OC)c3OC(C)C)C2)cc(OC)c1OC. The average Bonchev–Trinajstić information content (AvgIpc) is 2.91. The molecule has 0 aliphatic heterocycles. The van der Waals surface area contributed by atoms with Crippen molar-refractivity contribution in [2.45, 2.75) is 51.2 Å². The topological polar surface area (TPSA) is 66.4 Å². The number of hydrogen-bond acceptors (Lipinski definition) is 6. The maximum Gasteiger partial charge on any atom is 0.203 e. The molecule has 1 aliphatic rings. The summed E-state index contributed by atoms with van der Waals surface area (Å²) < 4.78 is 28.1. The Bertz CT molecular complexity index is 867. The standard InChI is InChI=1S/C24H32O6/c1-15(2)30-22-18-8-7-11-24(25,14-16(18)9-10-19(22)26-3)17-12-20(27-4)23(29-6)21(13-17)28-5/h9-10,12-13,15,25H,7-8,11,14H2,1-6H3. The maximum atomic E-state index is 11.7. The molecule has 1 N–H and O–H groups in total. The summed E-state index contributed by atoms with van der Waals surface area (Å²) >= 11 is 0. The summed E-state index contributed by atoms with van der Waals surface area (Å²) in [6.07, 6.45) is 2.70. The van der Waals surface area contributed by atoms with Gasteiger partial charge in [-0.05, 0) is 62.4 Å². The molecule has 6 nitrogen and oxygen atoms in total. The van der Waals surface area contributed by atoms with Crippen LogP contribution >= 0.6 is 0 Å². The largest absolute Gasteiger partial charge is 0.493 e. The summed E-state index contributed by atoms with van der Waals surface area (Å²) in [5.74, 6) is 3.07. The van der Waals surface area contributed by atoms with E-state index in [1.54, 1.807) is 28.4 Å². The first-order chi connectivity index (χ1) is 14.4. The van der Waals surface area contributed by atoms with Gasteiger partial charge in [0.25, 0.3) is 0 Å². The summed E-state index contributed by atoms with van der Waals surface area (Å²) in [5, 5.41) is 11.7. The van der Waals surface area contributed by atoms with Crippen LogP contribution in [0.25, 0.3) is 0 Å². The normalized spacial score (nSPS) is 18.4. The van der Waals surface area contributed by atoms with Crippen LogP contribution in [-0.4, -0.2) is 39.6 Å². The van der Waals surface area contributed by atoms with Crippen molar-refractivity contribution in [1.82, 2.24) is 0 Å². The molecule has 164 valence electrons. The van der Waals surface area contributed by atoms with E-state index in [9.17, 15) is 5.11 Å². The predicted octanol–water partition coefficient (Wildman–Crippen LogP) is 4.27. The minimum Gasteiger partial charge on any atom is -0.493 e. The summed E-state index contributed by atoms with van der Waals surface area (Å²) in [5.41, 5.74) is 1.83. The molecule has 0 amide bonds. The van der Waals surface area contributed by atoms with E-state index in [-0.39, 0.29) is 6.10 Å². The Kier molecular flexibility index (Phi) is 6.66. The molecule has 0 saturated heterocycles. The Labute approximate surface area is 178 Å². The summed E-state index contributed by atoms with van der Waals surface area (Å²) in [4.78, 5) is 0. The smallest absolute Gasteiger partial charge is 0.203 e. The second-order valence-electron chi connectivity index (χ2n) is 7.88. The third-order valence-corrected chi connectivity index (χ3v) is 5.60. The maximum absolute atomic E-state index is 11.7. The summed E-state index contributed by atoms with van der Waals surface area (Å²) in [7, 11) is 6.38. The van der Waals surface area contributed by atoms with E-state index < -0.39 is 5.60 Å². The molecule has 0 radical (unpaired) electrons. The second-order valence-corrected chi connectivity index (χ2v) is 7.88. The zero-order valence-corrected chi connectivity index (χ0v) is 18.7. The first kappa shape index (κ1) is 22.1. The third-order valence-electron chi connectivity index (χ3n) is 5.60. The van der Waals surface area contributed by atoms with Crippen molar-refractivity contribution in [3.05, 3.63) is 41.0 Å². The lowest BCUT2D eigenvalue weighted by molar-refractivity contribution is 0.0277. The van der Waals surface area contributed by atoms with Gasteiger partial charge in [-0.1, -0.05) is 6.07 Å². The molecule has 2 aromatic rings. The average molecular weight is 417 g/mol. The monoisotopic (exact) mass is 416 g/mol. The van der Waals surface area contributed by atoms with E-state index >= 15 is 0 Å². The number of fused-ring (bicyclic) bond motifs is 1. The zero-order chi connectivity index (χ0) is 21.9. The minimum atomic E-state index is -1.07. The van der Waals surface area contributed by atoms with Gasteiger partial charge in [0.05, 0.1) is 40.1 Å². The molecule has 30 heavy (non-hydrogen) atoms. The van der Waals surface area contributed by atoms with E-state index in [2.05, 4.69) is 0 Å². The van der Waals surface area contributed by atoms with Crippen LogP contribution in [0.4, 0.5) is 0 Å². The molecule has 0 heterocycles. The number of rotatable bonds is 7. The molecule has 1 unspecified atom stereocenters. The van der Waals surface area contributed by atoms with E-state index in [0.717, 1.165) is 41.0 Å². The Balaban J connectivity index is 2.08. The molecule has 1 atom stereocenters. The van der Waals surface area contributed by atoms with E-state index in [4.69, 9.17) is 23.7 Å². The first-order valence-corrected chi connectivity index (χ1v) is 10.2.